The first-order chi connectivity index (χ1) is 15.9. The van der Waals surface area contributed by atoms with E-state index in [1.165, 1.54) is 11.8 Å². The van der Waals surface area contributed by atoms with Gasteiger partial charge in [0.15, 0.2) is 0 Å². The smallest absolute Gasteiger partial charge is 0.267 e. The standard InChI is InChI=1S/C25H26N4O2S2/c1-4-5-13-29-24(31)20(33-25(29)32)15-19-22(27(3)16-18-11-7-6-8-12-18)26-21-17(2)10-9-14-28(21)23(19)30/h6-12,14-15H,4-5,13,16H2,1-3H3/b20-15+. The summed E-state index contributed by atoms with van der Waals surface area (Å²) < 4.78 is 2.07. The first-order valence-corrected chi connectivity index (χ1v) is 12.2. The summed E-state index contributed by atoms with van der Waals surface area (Å²) in [6, 6.07) is 13.8. The number of hydrogen-bond donors (Lipinski definition) is 0. The molecule has 1 aliphatic rings. The van der Waals surface area contributed by atoms with Crippen molar-refractivity contribution in [1.29, 1.82) is 0 Å². The zero-order valence-electron chi connectivity index (χ0n) is 18.9. The number of carbonyl (C=O) groups is 1. The lowest BCUT2D eigenvalue weighted by Gasteiger charge is -2.21. The fraction of sp³-hybridized carbons (Fsp3) is 0.280. The van der Waals surface area contributed by atoms with Crippen molar-refractivity contribution in [2.45, 2.75) is 33.2 Å². The summed E-state index contributed by atoms with van der Waals surface area (Å²) in [5, 5.41) is 0. The predicted molar refractivity (Wildman–Crippen MR) is 140 cm³/mol. The largest absolute Gasteiger partial charge is 0.355 e. The molecule has 3 aromatic rings. The molecule has 0 aliphatic carbocycles. The minimum absolute atomic E-state index is 0.149. The SMILES string of the molecule is CCCCN1C(=O)/C(=C\c2c(N(C)Cc3ccccc3)nc3c(C)cccn3c2=O)SC1=S. The van der Waals surface area contributed by atoms with E-state index in [1.807, 2.05) is 61.3 Å². The zero-order valence-corrected chi connectivity index (χ0v) is 20.6. The molecule has 4 rings (SSSR count). The first kappa shape index (κ1) is 23.2. The fourth-order valence-corrected chi connectivity index (χ4v) is 5.08. The number of aryl methyl sites for hydroxylation is 1. The van der Waals surface area contributed by atoms with Crippen LogP contribution in [0.1, 0.15) is 36.5 Å². The summed E-state index contributed by atoms with van der Waals surface area (Å²) in [4.78, 5) is 35.5. The van der Waals surface area contributed by atoms with Crippen molar-refractivity contribution in [1.82, 2.24) is 14.3 Å². The molecule has 2 aromatic heterocycles. The molecule has 170 valence electrons. The monoisotopic (exact) mass is 478 g/mol. The lowest BCUT2D eigenvalue weighted by molar-refractivity contribution is -0.122. The highest BCUT2D eigenvalue weighted by molar-refractivity contribution is 8.26. The molecule has 1 aliphatic heterocycles. The van der Waals surface area contributed by atoms with Gasteiger partial charge in [-0.25, -0.2) is 4.98 Å². The van der Waals surface area contributed by atoms with Gasteiger partial charge in [0.05, 0.1) is 10.5 Å². The van der Waals surface area contributed by atoms with Crippen LogP contribution in [0.25, 0.3) is 11.7 Å². The van der Waals surface area contributed by atoms with Crippen molar-refractivity contribution >= 4 is 51.7 Å². The number of thioether (sulfide) groups is 1. The lowest BCUT2D eigenvalue weighted by atomic mass is 10.2. The molecule has 1 amide bonds. The Morgan fingerprint density at radius 2 is 1.91 bits per heavy atom. The van der Waals surface area contributed by atoms with Gasteiger partial charge < -0.3 is 4.90 Å². The molecule has 1 fully saturated rings. The quantitative estimate of drug-likeness (QED) is 0.364. The van der Waals surface area contributed by atoms with Crippen LogP contribution in [-0.2, 0) is 11.3 Å². The molecule has 0 unspecified atom stereocenters. The van der Waals surface area contributed by atoms with E-state index in [0.717, 1.165) is 24.0 Å². The molecule has 0 bridgehead atoms. The number of unbranched alkanes of at least 4 members (excludes halogenated alkanes) is 1. The zero-order chi connectivity index (χ0) is 23.5. The van der Waals surface area contributed by atoms with Crippen molar-refractivity contribution in [2.24, 2.45) is 0 Å². The summed E-state index contributed by atoms with van der Waals surface area (Å²) >= 11 is 6.68. The van der Waals surface area contributed by atoms with Crippen LogP contribution in [0.5, 0.6) is 0 Å². The minimum atomic E-state index is -0.211. The van der Waals surface area contributed by atoms with E-state index in [0.29, 0.717) is 39.3 Å². The predicted octanol–water partition coefficient (Wildman–Crippen LogP) is 4.64. The van der Waals surface area contributed by atoms with Crippen LogP contribution in [0, 0.1) is 6.92 Å². The van der Waals surface area contributed by atoms with Crippen LogP contribution in [-0.4, -0.2) is 38.1 Å². The highest BCUT2D eigenvalue weighted by Gasteiger charge is 2.32. The Morgan fingerprint density at radius 1 is 1.15 bits per heavy atom. The third kappa shape index (κ3) is 4.72. The normalized spacial score (nSPS) is 15.1. The number of nitrogens with zero attached hydrogens (tertiary/aromatic N) is 4. The third-order valence-corrected chi connectivity index (χ3v) is 6.95. The number of hydrogen-bond acceptors (Lipinski definition) is 6. The number of amides is 1. The molecule has 0 atom stereocenters. The van der Waals surface area contributed by atoms with E-state index in [9.17, 15) is 9.59 Å². The molecular weight excluding hydrogens is 452 g/mol. The van der Waals surface area contributed by atoms with E-state index in [1.54, 1.807) is 21.6 Å². The molecule has 6 nitrogen and oxygen atoms in total. The maximum Gasteiger partial charge on any atom is 0.267 e. The summed E-state index contributed by atoms with van der Waals surface area (Å²) in [5.74, 6) is 0.390. The van der Waals surface area contributed by atoms with Gasteiger partial charge in [0, 0.05) is 26.3 Å². The number of aromatic nitrogens is 2. The number of carbonyl (C=O) groups excluding carboxylic acids is 1. The van der Waals surface area contributed by atoms with Gasteiger partial charge in [0.2, 0.25) is 0 Å². The maximum absolute atomic E-state index is 13.6. The van der Waals surface area contributed by atoms with Crippen molar-refractivity contribution < 1.29 is 4.79 Å². The van der Waals surface area contributed by atoms with Gasteiger partial charge >= 0.3 is 0 Å². The van der Waals surface area contributed by atoms with Crippen molar-refractivity contribution in [2.75, 3.05) is 18.5 Å². The Hall–Kier alpha value is -2.97. The second-order valence-electron chi connectivity index (χ2n) is 8.07. The van der Waals surface area contributed by atoms with Crippen LogP contribution in [0.2, 0.25) is 0 Å². The van der Waals surface area contributed by atoms with Crippen LogP contribution in [0.4, 0.5) is 5.82 Å². The van der Waals surface area contributed by atoms with E-state index in [2.05, 4.69) is 6.92 Å². The van der Waals surface area contributed by atoms with Crippen LogP contribution < -0.4 is 10.5 Å². The number of benzene rings is 1. The molecule has 0 radical (unpaired) electrons. The summed E-state index contributed by atoms with van der Waals surface area (Å²) in [7, 11) is 1.91. The molecule has 33 heavy (non-hydrogen) atoms. The number of pyridine rings is 1. The fourth-order valence-electron chi connectivity index (χ4n) is 3.79. The Balaban J connectivity index is 1.83. The van der Waals surface area contributed by atoms with Gasteiger partial charge in [-0.3, -0.25) is 18.9 Å². The molecule has 0 saturated carbocycles. The molecule has 0 spiro atoms. The molecule has 0 N–H and O–H groups in total. The van der Waals surface area contributed by atoms with Crippen LogP contribution in [0.3, 0.4) is 0 Å². The highest BCUT2D eigenvalue weighted by atomic mass is 32.2. The molecule has 8 heteroatoms. The Morgan fingerprint density at radius 3 is 2.64 bits per heavy atom. The molecule has 1 aromatic carbocycles. The summed E-state index contributed by atoms with van der Waals surface area (Å²) in [6.45, 7) is 5.17. The van der Waals surface area contributed by atoms with Gasteiger partial charge in [-0.05, 0) is 36.6 Å². The number of anilines is 1. The van der Waals surface area contributed by atoms with E-state index in [4.69, 9.17) is 17.2 Å². The van der Waals surface area contributed by atoms with Gasteiger partial charge in [-0.2, -0.15) is 0 Å². The highest BCUT2D eigenvalue weighted by Crippen LogP contribution is 2.33. The number of fused-ring (bicyclic) bond motifs is 1. The van der Waals surface area contributed by atoms with Crippen molar-refractivity contribution in [3.63, 3.8) is 0 Å². The van der Waals surface area contributed by atoms with Crippen molar-refractivity contribution in [3.8, 4) is 0 Å². The topological polar surface area (TPSA) is 57.9 Å². The minimum Gasteiger partial charge on any atom is -0.355 e. The Kier molecular flexibility index (Phi) is 6.95. The average Bonchev–Trinajstić information content (AvgIpc) is 3.07. The average molecular weight is 479 g/mol. The molecule has 3 heterocycles. The van der Waals surface area contributed by atoms with Gasteiger partial charge in [-0.1, -0.05) is 73.7 Å². The lowest BCUT2D eigenvalue weighted by Crippen LogP contribution is -2.29. The molecule has 1 saturated heterocycles. The summed E-state index contributed by atoms with van der Waals surface area (Å²) in [6.07, 6.45) is 5.22. The van der Waals surface area contributed by atoms with Crippen molar-refractivity contribution in [3.05, 3.63) is 80.6 Å². The number of thiocarbonyl (C=S) groups is 1. The second-order valence-corrected chi connectivity index (χ2v) is 9.74. The first-order valence-electron chi connectivity index (χ1n) is 10.9. The second kappa shape index (κ2) is 9.89. The van der Waals surface area contributed by atoms with E-state index in [-0.39, 0.29) is 11.5 Å². The van der Waals surface area contributed by atoms with E-state index >= 15 is 0 Å². The molecular formula is C25H26N4O2S2. The van der Waals surface area contributed by atoms with Gasteiger partial charge in [-0.15, -0.1) is 0 Å². The van der Waals surface area contributed by atoms with Gasteiger partial charge in [0.25, 0.3) is 11.5 Å². The van der Waals surface area contributed by atoms with Crippen LogP contribution >= 0.6 is 24.0 Å². The maximum atomic E-state index is 13.6. The van der Waals surface area contributed by atoms with Crippen LogP contribution in [0.15, 0.2) is 58.4 Å². The third-order valence-electron chi connectivity index (χ3n) is 5.57. The summed E-state index contributed by atoms with van der Waals surface area (Å²) in [5.41, 5.74) is 2.78. The van der Waals surface area contributed by atoms with Gasteiger partial charge in [0.1, 0.15) is 15.8 Å². The Bertz CT molecular complexity index is 1300. The number of rotatable bonds is 7. The van der Waals surface area contributed by atoms with E-state index < -0.39 is 0 Å². The Labute approximate surface area is 202 Å².